The Morgan fingerprint density at radius 2 is 2.04 bits per heavy atom. The largest absolute Gasteiger partial charge is 0.392 e. The van der Waals surface area contributed by atoms with Crippen LogP contribution in [0.4, 0.5) is 0 Å². The van der Waals surface area contributed by atoms with E-state index in [1.165, 1.54) is 23.1 Å². The number of benzene rings is 1. The maximum absolute atomic E-state index is 10.6. The molecule has 4 nitrogen and oxygen atoms in total. The van der Waals surface area contributed by atoms with Crippen molar-refractivity contribution in [1.29, 1.82) is 0 Å². The predicted molar refractivity (Wildman–Crippen MR) is 95.1 cm³/mol. The third kappa shape index (κ3) is 4.17. The van der Waals surface area contributed by atoms with Crippen LogP contribution in [0.15, 0.2) is 18.2 Å². The number of aliphatic hydroxyl groups excluding tert-OH is 1. The number of hydrogen-bond donors (Lipinski definition) is 2. The molecule has 0 bridgehead atoms. The van der Waals surface area contributed by atoms with Gasteiger partial charge in [0.05, 0.1) is 11.7 Å². The van der Waals surface area contributed by atoms with Gasteiger partial charge in [0.15, 0.2) is 0 Å². The Kier molecular flexibility index (Phi) is 5.60. The summed E-state index contributed by atoms with van der Waals surface area (Å²) in [5, 5.41) is 21.2. The fraction of sp³-hybridized carbons (Fsp3) is 0.700. The summed E-state index contributed by atoms with van der Waals surface area (Å²) < 4.78 is 5.33. The molecular formula is C20H31NO3. The SMILES string of the molecule is Cc1ccc(C)c(C2CCCN2CC(O)CC2(O)CCOCC2)c1. The lowest BCUT2D eigenvalue weighted by Crippen LogP contribution is -2.42. The topological polar surface area (TPSA) is 52.9 Å². The number of aliphatic hydroxyl groups is 2. The van der Waals surface area contributed by atoms with E-state index in [9.17, 15) is 10.2 Å². The Labute approximate surface area is 145 Å². The van der Waals surface area contributed by atoms with E-state index in [4.69, 9.17) is 4.74 Å². The molecule has 134 valence electrons. The fourth-order valence-corrected chi connectivity index (χ4v) is 4.25. The predicted octanol–water partition coefficient (Wildman–Crippen LogP) is 2.73. The molecule has 2 fully saturated rings. The van der Waals surface area contributed by atoms with Crippen LogP contribution < -0.4 is 0 Å². The maximum atomic E-state index is 10.6. The number of hydrogen-bond acceptors (Lipinski definition) is 4. The summed E-state index contributed by atoms with van der Waals surface area (Å²) in [6, 6.07) is 7.04. The minimum Gasteiger partial charge on any atom is -0.392 e. The van der Waals surface area contributed by atoms with E-state index in [2.05, 4.69) is 36.9 Å². The highest BCUT2D eigenvalue weighted by atomic mass is 16.5. The first-order valence-corrected chi connectivity index (χ1v) is 9.26. The van der Waals surface area contributed by atoms with Crippen molar-refractivity contribution in [1.82, 2.24) is 4.90 Å². The van der Waals surface area contributed by atoms with Crippen LogP contribution in [0, 0.1) is 13.8 Å². The molecular weight excluding hydrogens is 302 g/mol. The first-order chi connectivity index (χ1) is 11.5. The van der Waals surface area contributed by atoms with Crippen molar-refractivity contribution in [2.45, 2.75) is 63.7 Å². The number of β-amino-alcohol motifs (C(OH)–C–C–N with tert-alkyl or cyclic N) is 1. The molecule has 0 spiro atoms. The van der Waals surface area contributed by atoms with Gasteiger partial charge in [-0.2, -0.15) is 0 Å². The molecule has 2 heterocycles. The lowest BCUT2D eigenvalue weighted by atomic mass is 9.88. The summed E-state index contributed by atoms with van der Waals surface area (Å²) in [5.41, 5.74) is 3.26. The van der Waals surface area contributed by atoms with Gasteiger partial charge < -0.3 is 14.9 Å². The van der Waals surface area contributed by atoms with Gasteiger partial charge in [-0.1, -0.05) is 23.8 Å². The molecule has 2 aliphatic heterocycles. The van der Waals surface area contributed by atoms with Gasteiger partial charge in [-0.3, -0.25) is 4.90 Å². The summed E-state index contributed by atoms with van der Waals surface area (Å²) in [5.74, 6) is 0. The van der Waals surface area contributed by atoms with Crippen molar-refractivity contribution in [2.75, 3.05) is 26.3 Å². The molecule has 3 rings (SSSR count). The van der Waals surface area contributed by atoms with Crippen LogP contribution >= 0.6 is 0 Å². The summed E-state index contributed by atoms with van der Waals surface area (Å²) in [7, 11) is 0. The molecule has 0 radical (unpaired) electrons. The van der Waals surface area contributed by atoms with Crippen molar-refractivity contribution in [3.8, 4) is 0 Å². The summed E-state index contributed by atoms with van der Waals surface area (Å²) in [4.78, 5) is 2.40. The number of rotatable bonds is 5. The van der Waals surface area contributed by atoms with Gasteiger partial charge in [-0.15, -0.1) is 0 Å². The van der Waals surface area contributed by atoms with E-state index in [0.29, 0.717) is 45.1 Å². The second kappa shape index (κ2) is 7.52. The Balaban J connectivity index is 1.64. The molecule has 4 heteroatoms. The van der Waals surface area contributed by atoms with Crippen molar-refractivity contribution in [3.05, 3.63) is 34.9 Å². The number of ether oxygens (including phenoxy) is 1. The maximum Gasteiger partial charge on any atom is 0.0716 e. The van der Waals surface area contributed by atoms with Crippen LogP contribution in [0.3, 0.4) is 0 Å². The van der Waals surface area contributed by atoms with Crippen LogP contribution in [-0.4, -0.2) is 53.1 Å². The molecule has 2 unspecified atom stereocenters. The van der Waals surface area contributed by atoms with Crippen molar-refractivity contribution in [3.63, 3.8) is 0 Å². The van der Waals surface area contributed by atoms with E-state index >= 15 is 0 Å². The van der Waals surface area contributed by atoms with Gasteiger partial charge in [-0.05, 0) is 57.2 Å². The summed E-state index contributed by atoms with van der Waals surface area (Å²) in [6.07, 6.45) is 3.54. The van der Waals surface area contributed by atoms with E-state index in [1.807, 2.05) is 0 Å². The molecule has 2 atom stereocenters. The van der Waals surface area contributed by atoms with Gasteiger partial charge in [-0.25, -0.2) is 0 Å². The van der Waals surface area contributed by atoms with Crippen molar-refractivity contribution < 1.29 is 14.9 Å². The van der Waals surface area contributed by atoms with Gasteiger partial charge in [0.1, 0.15) is 0 Å². The summed E-state index contributed by atoms with van der Waals surface area (Å²) in [6.45, 7) is 7.16. The molecule has 2 N–H and O–H groups in total. The minimum absolute atomic E-state index is 0.392. The van der Waals surface area contributed by atoms with Crippen LogP contribution in [0.2, 0.25) is 0 Å². The van der Waals surface area contributed by atoms with Crippen LogP contribution in [-0.2, 0) is 4.74 Å². The average molecular weight is 333 g/mol. The Morgan fingerprint density at radius 3 is 2.79 bits per heavy atom. The molecule has 0 aromatic heterocycles. The third-order valence-electron chi connectivity index (χ3n) is 5.64. The molecule has 2 aliphatic rings. The normalized spacial score (nSPS) is 25.8. The summed E-state index contributed by atoms with van der Waals surface area (Å²) >= 11 is 0. The quantitative estimate of drug-likeness (QED) is 0.870. The lowest BCUT2D eigenvalue weighted by Gasteiger charge is -2.35. The monoisotopic (exact) mass is 333 g/mol. The average Bonchev–Trinajstić information content (AvgIpc) is 2.97. The lowest BCUT2D eigenvalue weighted by molar-refractivity contribution is -0.0897. The molecule has 0 amide bonds. The van der Waals surface area contributed by atoms with Crippen LogP contribution in [0.25, 0.3) is 0 Å². The van der Waals surface area contributed by atoms with E-state index < -0.39 is 11.7 Å². The zero-order valence-corrected chi connectivity index (χ0v) is 15.0. The van der Waals surface area contributed by atoms with Gasteiger partial charge >= 0.3 is 0 Å². The molecule has 1 aromatic carbocycles. The molecule has 1 aromatic rings. The zero-order chi connectivity index (χ0) is 17.2. The Hall–Kier alpha value is -0.940. The standard InChI is InChI=1S/C20H31NO3/c1-15-5-6-16(2)18(12-15)19-4-3-9-21(19)14-17(22)13-20(23)7-10-24-11-8-20/h5-6,12,17,19,22-23H,3-4,7-11,13-14H2,1-2H3. The molecule has 0 saturated carbocycles. The van der Waals surface area contributed by atoms with E-state index in [0.717, 1.165) is 13.0 Å². The minimum atomic E-state index is -0.758. The third-order valence-corrected chi connectivity index (χ3v) is 5.64. The number of aryl methyl sites for hydroxylation is 2. The molecule has 2 saturated heterocycles. The van der Waals surface area contributed by atoms with E-state index in [1.54, 1.807) is 0 Å². The highest BCUT2D eigenvalue weighted by Crippen LogP contribution is 2.35. The second-order valence-corrected chi connectivity index (χ2v) is 7.71. The first kappa shape index (κ1) is 17.9. The highest BCUT2D eigenvalue weighted by molar-refractivity contribution is 5.33. The van der Waals surface area contributed by atoms with Crippen molar-refractivity contribution in [2.24, 2.45) is 0 Å². The molecule has 24 heavy (non-hydrogen) atoms. The van der Waals surface area contributed by atoms with Gasteiger partial charge in [0.25, 0.3) is 0 Å². The number of nitrogens with zero attached hydrogens (tertiary/aromatic N) is 1. The van der Waals surface area contributed by atoms with Gasteiger partial charge in [0.2, 0.25) is 0 Å². The zero-order valence-electron chi connectivity index (χ0n) is 15.0. The van der Waals surface area contributed by atoms with Crippen LogP contribution in [0.5, 0.6) is 0 Å². The fourth-order valence-electron chi connectivity index (χ4n) is 4.25. The van der Waals surface area contributed by atoms with Gasteiger partial charge in [0, 0.05) is 32.2 Å². The Bertz CT molecular complexity index is 554. The Morgan fingerprint density at radius 1 is 1.29 bits per heavy atom. The molecule has 0 aliphatic carbocycles. The van der Waals surface area contributed by atoms with Crippen LogP contribution in [0.1, 0.15) is 54.8 Å². The number of likely N-dealkylation sites (tertiary alicyclic amines) is 1. The van der Waals surface area contributed by atoms with E-state index in [-0.39, 0.29) is 0 Å². The van der Waals surface area contributed by atoms with Crippen molar-refractivity contribution >= 4 is 0 Å². The second-order valence-electron chi connectivity index (χ2n) is 7.71. The highest BCUT2D eigenvalue weighted by Gasteiger charge is 2.34. The first-order valence-electron chi connectivity index (χ1n) is 9.26. The smallest absolute Gasteiger partial charge is 0.0716 e.